The molecule has 3 heteroatoms. The number of hydrogen-bond acceptors (Lipinski definition) is 2. The van der Waals surface area contributed by atoms with Gasteiger partial charge in [-0.1, -0.05) is 12.8 Å². The minimum atomic E-state index is -0.400. The second kappa shape index (κ2) is 7.43. The lowest BCUT2D eigenvalue weighted by atomic mass is 9.91. The number of carbonyl (C=O) groups excluding carboxylic acids is 1. The zero-order chi connectivity index (χ0) is 14.3. The summed E-state index contributed by atoms with van der Waals surface area (Å²) < 4.78 is 5.39. The third-order valence-corrected chi connectivity index (χ3v) is 3.45. The molecule has 0 radical (unpaired) electrons. The molecule has 0 aromatic carbocycles. The van der Waals surface area contributed by atoms with Gasteiger partial charge in [0.15, 0.2) is 0 Å². The quantitative estimate of drug-likeness (QED) is 0.571. The van der Waals surface area contributed by atoms with E-state index in [9.17, 15) is 4.79 Å². The Morgan fingerprint density at radius 2 is 1.95 bits per heavy atom. The molecular formula is C16H27NO2. The molecule has 3 nitrogen and oxygen atoms in total. The first-order valence-corrected chi connectivity index (χ1v) is 7.34. The van der Waals surface area contributed by atoms with Crippen molar-refractivity contribution in [3.05, 3.63) is 0 Å². The van der Waals surface area contributed by atoms with E-state index in [1.165, 1.54) is 12.8 Å². The van der Waals surface area contributed by atoms with Gasteiger partial charge in [-0.15, -0.1) is 12.3 Å². The molecule has 0 bridgehead atoms. The number of likely N-dealkylation sites (tertiary alicyclic amines) is 1. The van der Waals surface area contributed by atoms with Crippen molar-refractivity contribution in [3.8, 4) is 12.3 Å². The molecule has 1 heterocycles. The monoisotopic (exact) mass is 265 g/mol. The van der Waals surface area contributed by atoms with E-state index in [-0.39, 0.29) is 6.09 Å². The average Bonchev–Trinajstić information content (AvgIpc) is 2.33. The minimum absolute atomic E-state index is 0.168. The van der Waals surface area contributed by atoms with Crippen molar-refractivity contribution in [1.82, 2.24) is 4.90 Å². The molecule has 0 unspecified atom stereocenters. The van der Waals surface area contributed by atoms with Gasteiger partial charge >= 0.3 is 6.09 Å². The Labute approximate surface area is 117 Å². The van der Waals surface area contributed by atoms with Gasteiger partial charge in [-0.2, -0.15) is 0 Å². The van der Waals surface area contributed by atoms with Crippen LogP contribution >= 0.6 is 0 Å². The highest BCUT2D eigenvalue weighted by molar-refractivity contribution is 5.68. The number of carbonyl (C=O) groups is 1. The van der Waals surface area contributed by atoms with Crippen molar-refractivity contribution in [2.24, 2.45) is 5.92 Å². The summed E-state index contributed by atoms with van der Waals surface area (Å²) in [6.45, 7) is 7.37. The molecule has 0 atom stereocenters. The number of unbranched alkanes of at least 4 members (excludes halogenated alkanes) is 2. The maximum absolute atomic E-state index is 11.9. The number of ether oxygens (including phenoxy) is 1. The highest BCUT2D eigenvalue weighted by atomic mass is 16.6. The fourth-order valence-electron chi connectivity index (χ4n) is 2.39. The van der Waals surface area contributed by atoms with E-state index in [0.29, 0.717) is 0 Å². The molecule has 1 amide bonds. The van der Waals surface area contributed by atoms with Gasteiger partial charge in [0.25, 0.3) is 0 Å². The number of amides is 1. The SMILES string of the molecule is C#CCCCCC1CCN(C(=O)OC(C)(C)C)CC1. The van der Waals surface area contributed by atoms with E-state index in [2.05, 4.69) is 5.92 Å². The predicted molar refractivity (Wildman–Crippen MR) is 77.8 cm³/mol. The Hall–Kier alpha value is -1.17. The first-order valence-electron chi connectivity index (χ1n) is 7.34. The number of hydrogen-bond donors (Lipinski definition) is 0. The smallest absolute Gasteiger partial charge is 0.410 e. The predicted octanol–water partition coefficient (Wildman–Crippen LogP) is 3.83. The molecule has 0 saturated carbocycles. The van der Waals surface area contributed by atoms with E-state index >= 15 is 0 Å². The first kappa shape index (κ1) is 15.9. The van der Waals surface area contributed by atoms with E-state index in [1.807, 2.05) is 25.7 Å². The molecule has 108 valence electrons. The van der Waals surface area contributed by atoms with Crippen LogP contribution in [0.1, 0.15) is 59.3 Å². The Morgan fingerprint density at radius 1 is 1.32 bits per heavy atom. The van der Waals surface area contributed by atoms with Crippen LogP contribution in [-0.2, 0) is 4.74 Å². The summed E-state index contributed by atoms with van der Waals surface area (Å²) in [5.74, 6) is 3.43. The van der Waals surface area contributed by atoms with Gasteiger partial charge in [0.1, 0.15) is 5.60 Å². The van der Waals surface area contributed by atoms with Crippen LogP contribution < -0.4 is 0 Å². The van der Waals surface area contributed by atoms with E-state index in [4.69, 9.17) is 11.2 Å². The average molecular weight is 265 g/mol. The van der Waals surface area contributed by atoms with Gasteiger partial charge in [0.05, 0.1) is 0 Å². The van der Waals surface area contributed by atoms with Crippen molar-refractivity contribution in [2.45, 2.75) is 64.9 Å². The Balaban J connectivity index is 2.22. The minimum Gasteiger partial charge on any atom is -0.444 e. The summed E-state index contributed by atoms with van der Waals surface area (Å²) in [5.41, 5.74) is -0.400. The number of terminal acetylenes is 1. The van der Waals surface area contributed by atoms with Crippen LogP contribution in [-0.4, -0.2) is 29.7 Å². The maximum Gasteiger partial charge on any atom is 0.410 e. The molecule has 1 aliphatic rings. The Kier molecular flexibility index (Phi) is 6.21. The van der Waals surface area contributed by atoms with Gasteiger partial charge in [-0.25, -0.2) is 4.79 Å². The lowest BCUT2D eigenvalue weighted by Crippen LogP contribution is -2.41. The molecular weight excluding hydrogens is 238 g/mol. The molecule has 19 heavy (non-hydrogen) atoms. The van der Waals surface area contributed by atoms with Gasteiger partial charge in [-0.05, 0) is 46.0 Å². The normalized spacial score (nSPS) is 17.1. The van der Waals surface area contributed by atoms with Crippen molar-refractivity contribution < 1.29 is 9.53 Å². The van der Waals surface area contributed by atoms with Crippen LogP contribution in [0.15, 0.2) is 0 Å². The van der Waals surface area contributed by atoms with E-state index in [1.54, 1.807) is 0 Å². The maximum atomic E-state index is 11.9. The lowest BCUT2D eigenvalue weighted by molar-refractivity contribution is 0.0180. The Morgan fingerprint density at radius 3 is 2.47 bits per heavy atom. The van der Waals surface area contributed by atoms with Crippen LogP contribution in [0.4, 0.5) is 4.79 Å². The van der Waals surface area contributed by atoms with Crippen molar-refractivity contribution >= 4 is 6.09 Å². The molecule has 0 aliphatic carbocycles. The second-order valence-corrected chi connectivity index (χ2v) is 6.36. The van der Waals surface area contributed by atoms with Crippen LogP contribution in [0.2, 0.25) is 0 Å². The first-order chi connectivity index (χ1) is 8.92. The summed E-state index contributed by atoms with van der Waals surface area (Å²) >= 11 is 0. The molecule has 0 N–H and O–H groups in total. The zero-order valence-electron chi connectivity index (χ0n) is 12.6. The standard InChI is InChI=1S/C16H27NO2/c1-5-6-7-8-9-14-10-12-17(13-11-14)15(18)19-16(2,3)4/h1,14H,6-13H2,2-4H3. The molecule has 1 saturated heterocycles. The third-order valence-electron chi connectivity index (χ3n) is 3.45. The summed E-state index contributed by atoms with van der Waals surface area (Å²) in [7, 11) is 0. The summed E-state index contributed by atoms with van der Waals surface area (Å²) in [6.07, 6.45) is 11.7. The molecule has 0 aromatic rings. The van der Waals surface area contributed by atoms with Gasteiger partial charge < -0.3 is 9.64 Å². The summed E-state index contributed by atoms with van der Waals surface area (Å²) in [5, 5.41) is 0. The zero-order valence-corrected chi connectivity index (χ0v) is 12.6. The number of nitrogens with zero attached hydrogens (tertiary/aromatic N) is 1. The summed E-state index contributed by atoms with van der Waals surface area (Å²) in [6, 6.07) is 0. The van der Waals surface area contributed by atoms with Crippen LogP contribution in [0, 0.1) is 18.3 Å². The second-order valence-electron chi connectivity index (χ2n) is 6.36. The summed E-state index contributed by atoms with van der Waals surface area (Å²) in [4.78, 5) is 13.7. The van der Waals surface area contributed by atoms with E-state index in [0.717, 1.165) is 44.7 Å². The number of rotatable bonds is 4. The molecule has 1 aliphatic heterocycles. The molecule has 0 spiro atoms. The van der Waals surface area contributed by atoms with Gasteiger partial charge in [0, 0.05) is 19.5 Å². The highest BCUT2D eigenvalue weighted by Gasteiger charge is 2.26. The van der Waals surface area contributed by atoms with Crippen molar-refractivity contribution in [3.63, 3.8) is 0 Å². The van der Waals surface area contributed by atoms with Crippen LogP contribution in [0.25, 0.3) is 0 Å². The third kappa shape index (κ3) is 6.52. The van der Waals surface area contributed by atoms with Crippen molar-refractivity contribution in [1.29, 1.82) is 0 Å². The Bertz CT molecular complexity index is 317. The van der Waals surface area contributed by atoms with E-state index < -0.39 is 5.60 Å². The molecule has 1 fully saturated rings. The lowest BCUT2D eigenvalue weighted by Gasteiger charge is -2.33. The van der Waals surface area contributed by atoms with Gasteiger partial charge in [-0.3, -0.25) is 0 Å². The topological polar surface area (TPSA) is 29.5 Å². The van der Waals surface area contributed by atoms with Crippen molar-refractivity contribution in [2.75, 3.05) is 13.1 Å². The largest absolute Gasteiger partial charge is 0.444 e. The number of piperidine rings is 1. The fourth-order valence-corrected chi connectivity index (χ4v) is 2.39. The molecule has 0 aromatic heterocycles. The molecule has 1 rings (SSSR count). The van der Waals surface area contributed by atoms with Crippen LogP contribution in [0.3, 0.4) is 0 Å². The van der Waals surface area contributed by atoms with Gasteiger partial charge in [0.2, 0.25) is 0 Å². The fraction of sp³-hybridized carbons (Fsp3) is 0.812. The highest BCUT2D eigenvalue weighted by Crippen LogP contribution is 2.24. The van der Waals surface area contributed by atoms with Crippen LogP contribution in [0.5, 0.6) is 0 Å².